The van der Waals surface area contributed by atoms with Gasteiger partial charge in [-0.05, 0) is 12.1 Å². The minimum atomic E-state index is -4.45. The van der Waals surface area contributed by atoms with Crippen LogP contribution < -0.4 is 11.3 Å². The van der Waals surface area contributed by atoms with Crippen molar-refractivity contribution in [2.24, 2.45) is 5.84 Å². The van der Waals surface area contributed by atoms with Gasteiger partial charge < -0.3 is 5.43 Å². The summed E-state index contributed by atoms with van der Waals surface area (Å²) < 4.78 is 36.4. The topological polar surface area (TPSA) is 50.9 Å². The van der Waals surface area contributed by atoms with Gasteiger partial charge >= 0.3 is 6.18 Å². The summed E-state index contributed by atoms with van der Waals surface area (Å²) in [7, 11) is 0. The number of hydrogen-bond donors (Lipinski definition) is 2. The Balaban J connectivity index is 3.16. The van der Waals surface area contributed by atoms with Crippen LogP contribution in [0.4, 0.5) is 19.0 Å². The van der Waals surface area contributed by atoms with Crippen LogP contribution in [0.2, 0.25) is 5.15 Å². The Morgan fingerprint density at radius 2 is 2.00 bits per heavy atom. The number of rotatable bonds is 1. The molecule has 0 atom stereocenters. The molecule has 1 aromatic heterocycles. The normalized spacial score (nSPS) is 11.5. The second-order valence-corrected chi connectivity index (χ2v) is 2.59. The number of pyridine rings is 1. The average molecular weight is 212 g/mol. The van der Waals surface area contributed by atoms with E-state index in [0.717, 1.165) is 12.1 Å². The summed E-state index contributed by atoms with van der Waals surface area (Å²) in [5.41, 5.74) is 1.10. The van der Waals surface area contributed by atoms with Crippen molar-refractivity contribution in [2.45, 2.75) is 6.18 Å². The molecule has 3 nitrogen and oxygen atoms in total. The van der Waals surface area contributed by atoms with Crippen LogP contribution in [0, 0.1) is 0 Å². The van der Waals surface area contributed by atoms with Crippen LogP contribution in [0.15, 0.2) is 12.1 Å². The minimum Gasteiger partial charge on any atom is -0.308 e. The first kappa shape index (κ1) is 10.1. The highest BCUT2D eigenvalue weighted by Gasteiger charge is 2.31. The third-order valence-corrected chi connectivity index (χ3v) is 1.46. The molecule has 0 spiro atoms. The molecule has 0 saturated heterocycles. The fourth-order valence-electron chi connectivity index (χ4n) is 0.735. The summed E-state index contributed by atoms with van der Waals surface area (Å²) >= 11 is 5.33. The smallest absolute Gasteiger partial charge is 0.308 e. The van der Waals surface area contributed by atoms with Crippen molar-refractivity contribution in [1.29, 1.82) is 0 Å². The third kappa shape index (κ3) is 2.46. The van der Waals surface area contributed by atoms with Crippen molar-refractivity contribution >= 4 is 17.4 Å². The molecule has 0 aliphatic carbocycles. The van der Waals surface area contributed by atoms with E-state index in [2.05, 4.69) is 4.98 Å². The largest absolute Gasteiger partial charge is 0.416 e. The van der Waals surface area contributed by atoms with Crippen molar-refractivity contribution in [1.82, 2.24) is 4.98 Å². The summed E-state index contributed by atoms with van der Waals surface area (Å²) in [6, 6.07) is 1.49. The van der Waals surface area contributed by atoms with Crippen LogP contribution in [0.3, 0.4) is 0 Å². The van der Waals surface area contributed by atoms with Gasteiger partial charge in [-0.2, -0.15) is 13.2 Å². The van der Waals surface area contributed by atoms with E-state index in [1.54, 1.807) is 0 Å². The predicted molar refractivity (Wildman–Crippen MR) is 42.1 cm³/mol. The molecule has 72 valence electrons. The lowest BCUT2D eigenvalue weighted by atomic mass is 10.2. The van der Waals surface area contributed by atoms with Crippen molar-refractivity contribution in [2.75, 3.05) is 5.43 Å². The number of hydrazine groups is 1. The third-order valence-electron chi connectivity index (χ3n) is 1.27. The average Bonchev–Trinajstić information content (AvgIpc) is 2.01. The monoisotopic (exact) mass is 211 g/mol. The summed E-state index contributed by atoms with van der Waals surface area (Å²) in [6.07, 6.45) is -4.45. The van der Waals surface area contributed by atoms with Crippen molar-refractivity contribution in [3.63, 3.8) is 0 Å². The number of anilines is 1. The maximum absolute atomic E-state index is 12.1. The van der Waals surface area contributed by atoms with Crippen LogP contribution in [0.25, 0.3) is 0 Å². The van der Waals surface area contributed by atoms with E-state index in [0.29, 0.717) is 0 Å². The first-order chi connectivity index (χ1) is 5.93. The minimum absolute atomic E-state index is 0.125. The molecule has 0 aromatic carbocycles. The molecule has 0 bridgehead atoms. The summed E-state index contributed by atoms with van der Waals surface area (Å²) in [6.45, 7) is 0. The lowest BCUT2D eigenvalue weighted by Crippen LogP contribution is -2.11. The molecule has 1 rings (SSSR count). The van der Waals surface area contributed by atoms with Gasteiger partial charge in [0.15, 0.2) is 0 Å². The lowest BCUT2D eigenvalue weighted by Gasteiger charge is -2.08. The second-order valence-electron chi connectivity index (χ2n) is 2.21. The highest BCUT2D eigenvalue weighted by atomic mass is 35.5. The zero-order valence-corrected chi connectivity index (χ0v) is 6.95. The maximum Gasteiger partial charge on any atom is 0.416 e. The molecular weight excluding hydrogens is 207 g/mol. The molecule has 0 radical (unpaired) electrons. The number of nitrogens with one attached hydrogen (secondary N) is 1. The number of halogens is 4. The van der Waals surface area contributed by atoms with Crippen molar-refractivity contribution in [3.8, 4) is 0 Å². The highest BCUT2D eigenvalue weighted by molar-refractivity contribution is 6.29. The Labute approximate surface area is 76.7 Å². The Kier molecular flexibility index (Phi) is 2.63. The Hall–Kier alpha value is -1.01. The van der Waals surface area contributed by atoms with Gasteiger partial charge in [0.05, 0.1) is 5.56 Å². The molecule has 0 amide bonds. The number of nitrogens with zero attached hydrogens (tertiary/aromatic N) is 1. The van der Waals surface area contributed by atoms with Gasteiger partial charge in [-0.1, -0.05) is 11.6 Å². The van der Waals surface area contributed by atoms with Crippen LogP contribution in [0.5, 0.6) is 0 Å². The Bertz CT molecular complexity index is 312. The van der Waals surface area contributed by atoms with Crippen LogP contribution in [-0.2, 0) is 6.18 Å². The standard InChI is InChI=1S/C6H5ClF3N3/c7-4-1-3(6(8,9)10)2-5(12-4)13-11/h1-2H,11H2,(H,12,13). The van der Waals surface area contributed by atoms with Crippen molar-refractivity contribution in [3.05, 3.63) is 22.8 Å². The summed E-state index contributed by atoms with van der Waals surface area (Å²) in [4.78, 5) is 3.50. The number of nitrogen functional groups attached to an aromatic ring is 1. The molecule has 7 heteroatoms. The van der Waals surface area contributed by atoms with Gasteiger partial charge in [-0.3, -0.25) is 0 Å². The zero-order chi connectivity index (χ0) is 10.1. The molecule has 1 heterocycles. The summed E-state index contributed by atoms with van der Waals surface area (Å²) in [5, 5.41) is -0.261. The SMILES string of the molecule is NNc1cc(C(F)(F)F)cc(Cl)n1. The van der Waals surface area contributed by atoms with Gasteiger partial charge in [-0.15, -0.1) is 0 Å². The van der Waals surface area contributed by atoms with E-state index >= 15 is 0 Å². The predicted octanol–water partition coefficient (Wildman–Crippen LogP) is 2.04. The van der Waals surface area contributed by atoms with E-state index in [1.165, 1.54) is 0 Å². The number of hydrogen-bond acceptors (Lipinski definition) is 3. The highest BCUT2D eigenvalue weighted by Crippen LogP contribution is 2.31. The first-order valence-electron chi connectivity index (χ1n) is 3.15. The fourth-order valence-corrected chi connectivity index (χ4v) is 0.943. The van der Waals surface area contributed by atoms with E-state index in [1.807, 2.05) is 5.43 Å². The van der Waals surface area contributed by atoms with Gasteiger partial charge in [0.1, 0.15) is 11.0 Å². The maximum atomic E-state index is 12.1. The van der Waals surface area contributed by atoms with E-state index in [9.17, 15) is 13.2 Å². The first-order valence-corrected chi connectivity index (χ1v) is 3.52. The van der Waals surface area contributed by atoms with Crippen LogP contribution in [0.1, 0.15) is 5.56 Å². The summed E-state index contributed by atoms with van der Waals surface area (Å²) in [5.74, 6) is 4.77. The van der Waals surface area contributed by atoms with Crippen LogP contribution in [-0.4, -0.2) is 4.98 Å². The van der Waals surface area contributed by atoms with Crippen molar-refractivity contribution < 1.29 is 13.2 Å². The molecule has 0 fully saturated rings. The number of aromatic nitrogens is 1. The molecule has 13 heavy (non-hydrogen) atoms. The fraction of sp³-hybridized carbons (Fsp3) is 0.167. The second kappa shape index (κ2) is 3.39. The molecule has 0 saturated carbocycles. The quantitative estimate of drug-likeness (QED) is 0.425. The van der Waals surface area contributed by atoms with Gasteiger partial charge in [-0.25, -0.2) is 10.8 Å². The van der Waals surface area contributed by atoms with E-state index in [4.69, 9.17) is 17.4 Å². The van der Waals surface area contributed by atoms with Gasteiger partial charge in [0.25, 0.3) is 0 Å². The molecule has 0 aliphatic rings. The Morgan fingerprint density at radius 1 is 1.38 bits per heavy atom. The van der Waals surface area contributed by atoms with Gasteiger partial charge in [0, 0.05) is 0 Å². The zero-order valence-electron chi connectivity index (χ0n) is 6.19. The lowest BCUT2D eigenvalue weighted by molar-refractivity contribution is -0.137. The molecule has 3 N–H and O–H groups in total. The Morgan fingerprint density at radius 3 is 2.46 bits per heavy atom. The number of nitrogens with two attached hydrogens (primary N) is 1. The molecule has 0 aliphatic heterocycles. The molecular formula is C6H5ClF3N3. The molecule has 0 unspecified atom stereocenters. The number of alkyl halides is 3. The van der Waals surface area contributed by atoms with Gasteiger partial charge in [0.2, 0.25) is 0 Å². The molecule has 1 aromatic rings. The van der Waals surface area contributed by atoms with E-state index < -0.39 is 11.7 Å². The van der Waals surface area contributed by atoms with Crippen LogP contribution >= 0.6 is 11.6 Å². The van der Waals surface area contributed by atoms with E-state index in [-0.39, 0.29) is 11.0 Å².